The van der Waals surface area contributed by atoms with Crippen molar-refractivity contribution in [2.75, 3.05) is 50.7 Å². The Hall–Kier alpha value is -3.29. The van der Waals surface area contributed by atoms with Crippen LogP contribution >= 0.6 is 0 Å². The van der Waals surface area contributed by atoms with Gasteiger partial charge in [0.2, 0.25) is 11.8 Å². The van der Waals surface area contributed by atoms with E-state index in [1.54, 1.807) is 0 Å². The Morgan fingerprint density at radius 1 is 0.978 bits per heavy atom. The standard InChI is InChI=1S/C38H57N5O3/c1-8-12-33(44)40-30-15-16-43(23-28(30)10-3)38(46)35(24(4)9-2)37-31(21-29-27(7)36(29)37)39-22-34(45)42-19-17-41(18-20-42)32-14-11-13-25(5)26(32)6/h11,13-14,27-30,36,39H,8-10,12,15-23H2,1-7H3,(H,40,44)/b35-24-. The quantitative estimate of drug-likeness (QED) is 0.322. The third-order valence-electron chi connectivity index (χ3n) is 11.5. The molecule has 0 aromatic heterocycles. The molecule has 252 valence electrons. The molecule has 2 aliphatic carbocycles. The van der Waals surface area contributed by atoms with E-state index in [0.717, 1.165) is 62.0 Å². The first-order chi connectivity index (χ1) is 22.1. The maximum Gasteiger partial charge on any atom is 0.254 e. The van der Waals surface area contributed by atoms with Crippen LogP contribution in [0.1, 0.15) is 84.3 Å². The normalized spacial score (nSPS) is 26.5. The van der Waals surface area contributed by atoms with Gasteiger partial charge in [-0.25, -0.2) is 0 Å². The smallest absolute Gasteiger partial charge is 0.254 e. The number of hydrogen-bond donors (Lipinski definition) is 2. The van der Waals surface area contributed by atoms with Crippen LogP contribution < -0.4 is 15.5 Å². The SMILES string of the molecule is CCCC(=O)NC1CCN(C(=O)/C(C2=C(NCC(=O)N3CCN(c4cccc(C)c4C)CC3)CC3C(C)C23)=C(/C)CC)CC1CC. The van der Waals surface area contributed by atoms with E-state index in [4.69, 9.17) is 0 Å². The molecule has 3 amide bonds. The van der Waals surface area contributed by atoms with Gasteiger partial charge in [-0.15, -0.1) is 0 Å². The first kappa shape index (κ1) is 34.1. The van der Waals surface area contributed by atoms with Gasteiger partial charge in [-0.05, 0) is 99.3 Å². The number of piperazine rings is 1. The van der Waals surface area contributed by atoms with Crippen LogP contribution in [0.5, 0.6) is 0 Å². The Balaban J connectivity index is 1.26. The van der Waals surface area contributed by atoms with Crippen LogP contribution in [0.25, 0.3) is 0 Å². The largest absolute Gasteiger partial charge is 0.379 e. The summed E-state index contributed by atoms with van der Waals surface area (Å²) in [6.45, 7) is 19.7. The topological polar surface area (TPSA) is 85.0 Å². The van der Waals surface area contributed by atoms with Crippen LogP contribution in [0.4, 0.5) is 5.69 Å². The molecule has 3 fully saturated rings. The number of likely N-dealkylation sites (tertiary alicyclic amines) is 1. The third-order valence-corrected chi connectivity index (χ3v) is 11.5. The molecule has 46 heavy (non-hydrogen) atoms. The molecule has 4 aliphatic rings. The number of fused-ring (bicyclic) bond motifs is 1. The van der Waals surface area contributed by atoms with Crippen molar-refractivity contribution >= 4 is 23.4 Å². The van der Waals surface area contributed by atoms with Gasteiger partial charge in [-0.3, -0.25) is 14.4 Å². The number of aryl methyl sites for hydroxylation is 1. The van der Waals surface area contributed by atoms with Crippen molar-refractivity contribution in [2.45, 2.75) is 93.0 Å². The number of carbonyl (C=O) groups excluding carboxylic acids is 3. The predicted octanol–water partition coefficient (Wildman–Crippen LogP) is 5.35. The number of allylic oxidation sites excluding steroid dienone is 2. The van der Waals surface area contributed by atoms with Gasteiger partial charge < -0.3 is 25.3 Å². The van der Waals surface area contributed by atoms with Crippen LogP contribution in [-0.4, -0.2) is 79.4 Å². The Morgan fingerprint density at radius 2 is 1.72 bits per heavy atom. The average Bonchev–Trinajstić information content (AvgIpc) is 3.51. The third kappa shape index (κ3) is 7.01. The molecule has 1 aromatic rings. The number of carbonyl (C=O) groups is 3. The van der Waals surface area contributed by atoms with Gasteiger partial charge >= 0.3 is 0 Å². The number of rotatable bonds is 11. The lowest BCUT2D eigenvalue weighted by molar-refractivity contribution is -0.131. The molecule has 1 aromatic carbocycles. The summed E-state index contributed by atoms with van der Waals surface area (Å²) in [5.41, 5.74) is 8.14. The number of hydrogen-bond acceptors (Lipinski definition) is 5. The van der Waals surface area contributed by atoms with Crippen molar-refractivity contribution in [3.05, 3.63) is 51.7 Å². The van der Waals surface area contributed by atoms with Gasteiger partial charge in [0.15, 0.2) is 0 Å². The van der Waals surface area contributed by atoms with E-state index in [-0.39, 0.29) is 36.2 Å². The summed E-state index contributed by atoms with van der Waals surface area (Å²) >= 11 is 0. The van der Waals surface area contributed by atoms with Gasteiger partial charge in [-0.2, -0.15) is 0 Å². The number of nitrogens with one attached hydrogen (secondary N) is 2. The fourth-order valence-electron chi connectivity index (χ4n) is 8.13. The molecule has 5 unspecified atom stereocenters. The van der Waals surface area contributed by atoms with Crippen molar-refractivity contribution in [1.82, 2.24) is 20.4 Å². The molecular weight excluding hydrogens is 574 g/mol. The fraction of sp³-hybridized carbons (Fsp3) is 0.658. The number of anilines is 1. The Morgan fingerprint density at radius 3 is 2.39 bits per heavy atom. The van der Waals surface area contributed by atoms with E-state index >= 15 is 0 Å². The van der Waals surface area contributed by atoms with Crippen LogP contribution in [0, 0.1) is 37.5 Å². The van der Waals surface area contributed by atoms with Gasteiger partial charge in [0.05, 0.1) is 6.54 Å². The van der Waals surface area contributed by atoms with E-state index in [2.05, 4.69) is 75.3 Å². The molecule has 0 bridgehead atoms. The van der Waals surface area contributed by atoms with Crippen molar-refractivity contribution in [2.24, 2.45) is 23.7 Å². The molecule has 2 heterocycles. The Bertz CT molecular complexity index is 1370. The van der Waals surface area contributed by atoms with Gasteiger partial charge in [-0.1, -0.05) is 45.4 Å². The van der Waals surface area contributed by atoms with E-state index in [1.165, 1.54) is 22.4 Å². The van der Waals surface area contributed by atoms with Crippen molar-refractivity contribution in [1.29, 1.82) is 0 Å². The zero-order valence-corrected chi connectivity index (χ0v) is 29.4. The molecule has 1 saturated carbocycles. The van der Waals surface area contributed by atoms with E-state index < -0.39 is 0 Å². The van der Waals surface area contributed by atoms with Crippen LogP contribution in [0.15, 0.2) is 40.6 Å². The lowest BCUT2D eigenvalue weighted by Crippen LogP contribution is -2.52. The monoisotopic (exact) mass is 631 g/mol. The molecule has 5 atom stereocenters. The second-order valence-corrected chi connectivity index (χ2v) is 14.2. The summed E-state index contributed by atoms with van der Waals surface area (Å²) < 4.78 is 0. The second kappa shape index (κ2) is 14.6. The van der Waals surface area contributed by atoms with Crippen LogP contribution in [-0.2, 0) is 14.4 Å². The minimum Gasteiger partial charge on any atom is -0.379 e. The average molecular weight is 632 g/mol. The Labute approximate surface area is 277 Å². The van der Waals surface area contributed by atoms with E-state index in [1.807, 2.05) is 16.7 Å². The summed E-state index contributed by atoms with van der Waals surface area (Å²) in [5.74, 6) is 2.10. The first-order valence-corrected chi connectivity index (χ1v) is 17.9. The number of amides is 3. The highest BCUT2D eigenvalue weighted by molar-refractivity contribution is 5.99. The summed E-state index contributed by atoms with van der Waals surface area (Å²) in [6.07, 6.45) is 4.82. The highest BCUT2D eigenvalue weighted by atomic mass is 16.2. The van der Waals surface area contributed by atoms with Crippen molar-refractivity contribution in [3.8, 4) is 0 Å². The molecule has 8 heteroatoms. The first-order valence-electron chi connectivity index (χ1n) is 17.9. The molecule has 2 saturated heterocycles. The van der Waals surface area contributed by atoms with Gasteiger partial charge in [0.1, 0.15) is 0 Å². The minimum absolute atomic E-state index is 0.117. The lowest BCUT2D eigenvalue weighted by Gasteiger charge is -2.39. The zero-order valence-electron chi connectivity index (χ0n) is 29.4. The van der Waals surface area contributed by atoms with Crippen molar-refractivity contribution in [3.63, 3.8) is 0 Å². The molecule has 5 rings (SSSR count). The number of piperidine rings is 1. The maximum atomic E-state index is 14.4. The summed E-state index contributed by atoms with van der Waals surface area (Å²) in [7, 11) is 0. The van der Waals surface area contributed by atoms with E-state index in [9.17, 15) is 14.4 Å². The highest BCUT2D eigenvalue weighted by Gasteiger charge is 2.56. The molecule has 0 spiro atoms. The van der Waals surface area contributed by atoms with Crippen molar-refractivity contribution < 1.29 is 14.4 Å². The lowest BCUT2D eigenvalue weighted by atomic mass is 9.87. The van der Waals surface area contributed by atoms with Gasteiger partial charge in [0.25, 0.3) is 5.91 Å². The minimum atomic E-state index is 0.117. The maximum absolute atomic E-state index is 14.4. The molecule has 2 aliphatic heterocycles. The predicted molar refractivity (Wildman–Crippen MR) is 185 cm³/mol. The molecular formula is C38H57N5O3. The number of nitrogens with zero attached hydrogens (tertiary/aromatic N) is 3. The highest BCUT2D eigenvalue weighted by Crippen LogP contribution is 2.61. The fourth-order valence-corrected chi connectivity index (χ4v) is 8.13. The van der Waals surface area contributed by atoms with Crippen LogP contribution in [0.3, 0.4) is 0 Å². The van der Waals surface area contributed by atoms with E-state index in [0.29, 0.717) is 50.4 Å². The summed E-state index contributed by atoms with van der Waals surface area (Å²) in [4.78, 5) is 46.7. The van der Waals surface area contributed by atoms with Gasteiger partial charge in [0, 0.05) is 68.7 Å². The molecule has 8 nitrogen and oxygen atoms in total. The number of benzene rings is 1. The Kier molecular flexibility index (Phi) is 10.8. The summed E-state index contributed by atoms with van der Waals surface area (Å²) in [5, 5.41) is 6.82. The summed E-state index contributed by atoms with van der Waals surface area (Å²) in [6, 6.07) is 6.57. The molecule has 2 N–H and O–H groups in total. The second-order valence-electron chi connectivity index (χ2n) is 14.2. The molecule has 0 radical (unpaired) electrons. The zero-order chi connectivity index (χ0) is 33.1. The van der Waals surface area contributed by atoms with Crippen LogP contribution in [0.2, 0.25) is 0 Å².